The summed E-state index contributed by atoms with van der Waals surface area (Å²) in [6, 6.07) is 15.7. The van der Waals surface area contributed by atoms with Crippen molar-refractivity contribution in [1.29, 1.82) is 0 Å². The summed E-state index contributed by atoms with van der Waals surface area (Å²) in [7, 11) is 3.34. The van der Waals surface area contributed by atoms with Gasteiger partial charge in [0.05, 0.1) is 7.11 Å². The first-order valence-corrected chi connectivity index (χ1v) is 9.33. The zero-order valence-corrected chi connectivity index (χ0v) is 16.6. The minimum Gasteiger partial charge on any atom is -0.497 e. The molecule has 0 aliphatic heterocycles. The maximum atomic E-state index is 10.5. The largest absolute Gasteiger partial charge is 0.497 e. The van der Waals surface area contributed by atoms with Gasteiger partial charge in [-0.25, -0.2) is 0 Å². The van der Waals surface area contributed by atoms with Crippen LogP contribution in [0.4, 0.5) is 0 Å². The third-order valence-corrected chi connectivity index (χ3v) is 4.45. The summed E-state index contributed by atoms with van der Waals surface area (Å²) in [6.45, 7) is 5.29. The van der Waals surface area contributed by atoms with Gasteiger partial charge in [-0.1, -0.05) is 24.3 Å². The van der Waals surface area contributed by atoms with Crippen LogP contribution < -0.4 is 9.47 Å². The van der Waals surface area contributed by atoms with Gasteiger partial charge in [-0.2, -0.15) is 0 Å². The van der Waals surface area contributed by atoms with Gasteiger partial charge in [0.2, 0.25) is 0 Å². The van der Waals surface area contributed by atoms with Crippen molar-refractivity contribution in [3.05, 3.63) is 59.7 Å². The average molecular weight is 373 g/mol. The van der Waals surface area contributed by atoms with Crippen LogP contribution in [0, 0.1) is 6.92 Å². The smallest absolute Gasteiger partial charge is 0.119 e. The molecule has 0 aromatic heterocycles. The molecule has 0 unspecified atom stereocenters. The minimum absolute atomic E-state index is 0.251. The Morgan fingerprint density at radius 2 is 1.70 bits per heavy atom. The van der Waals surface area contributed by atoms with Gasteiger partial charge in [0, 0.05) is 33.4 Å². The molecule has 0 bridgehead atoms. The zero-order chi connectivity index (χ0) is 19.5. The summed E-state index contributed by atoms with van der Waals surface area (Å²) in [5.74, 6) is 1.50. The monoisotopic (exact) mass is 373 g/mol. The van der Waals surface area contributed by atoms with Crippen LogP contribution in [-0.2, 0) is 11.3 Å². The van der Waals surface area contributed by atoms with E-state index < -0.39 is 6.10 Å². The summed E-state index contributed by atoms with van der Waals surface area (Å²) in [5, 5.41) is 10.5. The second-order valence-electron chi connectivity index (χ2n) is 6.65. The molecule has 27 heavy (non-hydrogen) atoms. The summed E-state index contributed by atoms with van der Waals surface area (Å²) >= 11 is 0. The number of aryl methyl sites for hydroxylation is 1. The fourth-order valence-corrected chi connectivity index (χ4v) is 2.91. The lowest BCUT2D eigenvalue weighted by Crippen LogP contribution is -2.36. The van der Waals surface area contributed by atoms with Crippen LogP contribution in [0.5, 0.6) is 11.5 Å². The zero-order valence-electron chi connectivity index (χ0n) is 16.6. The minimum atomic E-state index is -0.571. The van der Waals surface area contributed by atoms with Crippen molar-refractivity contribution in [2.24, 2.45) is 0 Å². The van der Waals surface area contributed by atoms with Gasteiger partial charge in [0.15, 0.2) is 0 Å². The van der Waals surface area contributed by atoms with Crippen molar-refractivity contribution in [2.45, 2.75) is 26.0 Å². The second-order valence-corrected chi connectivity index (χ2v) is 6.65. The molecule has 2 aromatic carbocycles. The molecule has 1 atom stereocenters. The molecule has 148 valence electrons. The number of aliphatic hydroxyl groups excluding tert-OH is 1. The van der Waals surface area contributed by atoms with Gasteiger partial charge in [0.1, 0.15) is 24.2 Å². The molecule has 0 spiro atoms. The van der Waals surface area contributed by atoms with Gasteiger partial charge in [-0.05, 0) is 48.7 Å². The Bertz CT molecular complexity index is 660. The fourth-order valence-electron chi connectivity index (χ4n) is 2.91. The van der Waals surface area contributed by atoms with Crippen molar-refractivity contribution in [3.63, 3.8) is 0 Å². The van der Waals surface area contributed by atoms with Crippen LogP contribution in [0.25, 0.3) is 0 Å². The molecule has 0 fully saturated rings. The Kier molecular flexibility index (Phi) is 9.11. The maximum Gasteiger partial charge on any atom is 0.119 e. The third kappa shape index (κ3) is 7.59. The quantitative estimate of drug-likeness (QED) is 0.579. The molecule has 0 radical (unpaired) electrons. The topological polar surface area (TPSA) is 51.2 Å². The van der Waals surface area contributed by atoms with E-state index in [9.17, 15) is 5.11 Å². The Morgan fingerprint density at radius 3 is 2.37 bits per heavy atom. The highest BCUT2D eigenvalue weighted by Crippen LogP contribution is 2.17. The average Bonchev–Trinajstić information content (AvgIpc) is 2.68. The van der Waals surface area contributed by atoms with E-state index in [1.807, 2.05) is 30.3 Å². The van der Waals surface area contributed by atoms with Crippen LogP contribution in [0.3, 0.4) is 0 Å². The number of ether oxygens (including phenoxy) is 3. The standard InChI is InChI=1S/C22H31NO4/c1-18-7-4-5-8-19(18)15-23(13-6-14-25-2)16-20(24)17-27-22-11-9-21(26-3)10-12-22/h4-5,7-12,20,24H,6,13-17H2,1-3H3/t20-/m1/s1. The predicted octanol–water partition coefficient (Wildman–Crippen LogP) is 3.28. The SMILES string of the molecule is COCCCN(Cc1ccccc1C)C[C@@H](O)COc1ccc(OC)cc1. The molecule has 0 amide bonds. The van der Waals surface area contributed by atoms with Crippen molar-refractivity contribution in [1.82, 2.24) is 4.90 Å². The maximum absolute atomic E-state index is 10.5. The van der Waals surface area contributed by atoms with Crippen molar-refractivity contribution in [2.75, 3.05) is 40.5 Å². The van der Waals surface area contributed by atoms with E-state index >= 15 is 0 Å². The molecular formula is C22H31NO4. The van der Waals surface area contributed by atoms with E-state index in [4.69, 9.17) is 14.2 Å². The molecular weight excluding hydrogens is 342 g/mol. The summed E-state index contributed by atoms with van der Waals surface area (Å²) in [4.78, 5) is 2.25. The highest BCUT2D eigenvalue weighted by Gasteiger charge is 2.14. The molecule has 5 heteroatoms. The van der Waals surface area contributed by atoms with E-state index in [2.05, 4.69) is 30.0 Å². The van der Waals surface area contributed by atoms with Gasteiger partial charge in [-0.3, -0.25) is 4.90 Å². The van der Waals surface area contributed by atoms with E-state index in [-0.39, 0.29) is 6.61 Å². The first-order chi connectivity index (χ1) is 13.1. The number of rotatable bonds is 12. The van der Waals surface area contributed by atoms with Gasteiger partial charge < -0.3 is 19.3 Å². The normalized spacial score (nSPS) is 12.2. The van der Waals surface area contributed by atoms with Crippen LogP contribution >= 0.6 is 0 Å². The molecule has 0 heterocycles. The lowest BCUT2D eigenvalue weighted by Gasteiger charge is -2.26. The first kappa shape index (κ1) is 21.2. The number of methoxy groups -OCH3 is 2. The second kappa shape index (κ2) is 11.6. The molecule has 5 nitrogen and oxygen atoms in total. The molecule has 0 aliphatic carbocycles. The van der Waals surface area contributed by atoms with Crippen LogP contribution in [-0.4, -0.2) is 56.6 Å². The number of hydrogen-bond donors (Lipinski definition) is 1. The number of hydrogen-bond acceptors (Lipinski definition) is 5. The van der Waals surface area contributed by atoms with Crippen LogP contribution in [0.15, 0.2) is 48.5 Å². The molecule has 0 saturated carbocycles. The van der Waals surface area contributed by atoms with Gasteiger partial charge >= 0.3 is 0 Å². The Hall–Kier alpha value is -2.08. The highest BCUT2D eigenvalue weighted by atomic mass is 16.5. The first-order valence-electron chi connectivity index (χ1n) is 9.33. The summed E-state index contributed by atoms with van der Waals surface area (Å²) in [5.41, 5.74) is 2.54. The highest BCUT2D eigenvalue weighted by molar-refractivity contribution is 5.31. The van der Waals surface area contributed by atoms with Crippen molar-refractivity contribution < 1.29 is 19.3 Å². The lowest BCUT2D eigenvalue weighted by molar-refractivity contribution is 0.0617. The van der Waals surface area contributed by atoms with Gasteiger partial charge in [0.25, 0.3) is 0 Å². The van der Waals surface area contributed by atoms with E-state index in [1.54, 1.807) is 14.2 Å². The lowest BCUT2D eigenvalue weighted by atomic mass is 10.1. The number of benzene rings is 2. The number of aliphatic hydroxyl groups is 1. The fraction of sp³-hybridized carbons (Fsp3) is 0.455. The van der Waals surface area contributed by atoms with E-state index in [0.29, 0.717) is 13.2 Å². The van der Waals surface area contributed by atoms with Crippen LogP contribution in [0.2, 0.25) is 0 Å². The third-order valence-electron chi connectivity index (χ3n) is 4.45. The molecule has 1 N–H and O–H groups in total. The molecule has 0 aliphatic rings. The van der Waals surface area contributed by atoms with Crippen molar-refractivity contribution >= 4 is 0 Å². The summed E-state index contributed by atoms with van der Waals surface area (Å²) in [6.07, 6.45) is 0.354. The molecule has 2 rings (SSSR count). The van der Waals surface area contributed by atoms with E-state index in [0.717, 1.165) is 31.0 Å². The number of nitrogens with zero attached hydrogens (tertiary/aromatic N) is 1. The van der Waals surface area contributed by atoms with Crippen molar-refractivity contribution in [3.8, 4) is 11.5 Å². The molecule has 0 saturated heterocycles. The summed E-state index contributed by atoms with van der Waals surface area (Å²) < 4.78 is 16.0. The Balaban J connectivity index is 1.88. The van der Waals surface area contributed by atoms with E-state index in [1.165, 1.54) is 11.1 Å². The predicted molar refractivity (Wildman–Crippen MR) is 107 cm³/mol. The molecule has 2 aromatic rings. The Labute approximate surface area is 162 Å². The van der Waals surface area contributed by atoms with Gasteiger partial charge in [-0.15, -0.1) is 0 Å². The Morgan fingerprint density at radius 1 is 1.00 bits per heavy atom. The van der Waals surface area contributed by atoms with Crippen LogP contribution in [0.1, 0.15) is 17.5 Å².